The fraction of sp³-hybridized carbons (Fsp3) is 0.328. The molecule has 0 saturated carbocycles. The van der Waals surface area contributed by atoms with Crippen LogP contribution in [0.25, 0.3) is 71.9 Å². The second-order valence-electron chi connectivity index (χ2n) is 23.0. The minimum atomic E-state index is -0.182. The van der Waals surface area contributed by atoms with Gasteiger partial charge in [0.25, 0.3) is 0 Å². The molecule has 6 heteroatoms. The van der Waals surface area contributed by atoms with Gasteiger partial charge in [-0.25, -0.2) is 0 Å². The summed E-state index contributed by atoms with van der Waals surface area (Å²) in [5.41, 5.74) is 14.6. The fourth-order valence-corrected chi connectivity index (χ4v) is 8.75. The quantitative estimate of drug-likeness (QED) is 0.165. The Bertz CT molecular complexity index is 3240. The van der Waals surface area contributed by atoms with Crippen LogP contribution in [0.3, 0.4) is 0 Å². The monoisotopic (exact) mass is 1060 g/mol. The summed E-state index contributed by atoms with van der Waals surface area (Å²) in [7, 11) is 0. The zero-order valence-corrected chi connectivity index (χ0v) is 44.4. The zero-order chi connectivity index (χ0) is 47.7. The molecule has 5 aromatic carbocycles. The molecule has 0 amide bonds. The predicted molar refractivity (Wildman–Crippen MR) is 277 cm³/mol. The van der Waals surface area contributed by atoms with Crippen LogP contribution < -0.4 is 0 Å². The van der Waals surface area contributed by atoms with E-state index in [4.69, 9.17) is 9.40 Å². The number of nitriles is 1. The average molecular weight is 1060 g/mol. The van der Waals surface area contributed by atoms with Crippen molar-refractivity contribution in [2.24, 2.45) is 0 Å². The van der Waals surface area contributed by atoms with Crippen molar-refractivity contribution in [3.8, 4) is 34.3 Å². The number of furan rings is 1. The minimum Gasteiger partial charge on any atom is -0.498 e. The molecule has 0 unspecified atom stereocenters. The maximum absolute atomic E-state index is 10.7. The van der Waals surface area contributed by atoms with Crippen molar-refractivity contribution in [1.82, 2.24) is 14.5 Å². The van der Waals surface area contributed by atoms with Crippen LogP contribution >= 0.6 is 0 Å². The molecule has 9 rings (SSSR count). The molecule has 0 fully saturated rings. The number of benzene rings is 5. The average Bonchev–Trinajstić information content (AvgIpc) is 3.80. The summed E-state index contributed by atoms with van der Waals surface area (Å²) in [6, 6.07) is 45.4. The van der Waals surface area contributed by atoms with E-state index >= 15 is 0 Å². The van der Waals surface area contributed by atoms with Crippen molar-refractivity contribution in [3.63, 3.8) is 0 Å². The van der Waals surface area contributed by atoms with E-state index in [0.717, 1.165) is 61.2 Å². The first-order chi connectivity index (χ1) is 30.9. The second kappa shape index (κ2) is 17.7. The molecule has 0 bridgehead atoms. The Morgan fingerprint density at radius 2 is 1.13 bits per heavy atom. The first-order valence-corrected chi connectivity index (χ1v) is 23.2. The van der Waals surface area contributed by atoms with Gasteiger partial charge in [0.1, 0.15) is 17.3 Å². The van der Waals surface area contributed by atoms with Gasteiger partial charge in [0, 0.05) is 48.7 Å². The maximum atomic E-state index is 10.7. The smallest absolute Gasteiger partial charge is 0.146 e. The second-order valence-corrected chi connectivity index (χ2v) is 23.0. The zero-order valence-electron chi connectivity index (χ0n) is 42.0. The predicted octanol–water partition coefficient (Wildman–Crippen LogP) is 16.5. The largest absolute Gasteiger partial charge is 0.498 e. The number of rotatable bonds is 3. The Morgan fingerprint density at radius 3 is 1.64 bits per heavy atom. The molecule has 1 radical (unpaired) electrons. The first-order valence-electron chi connectivity index (χ1n) is 23.2. The fourth-order valence-electron chi connectivity index (χ4n) is 8.75. The minimum absolute atomic E-state index is 0. The summed E-state index contributed by atoms with van der Waals surface area (Å²) in [4.78, 5) is 9.31. The Kier molecular flexibility index (Phi) is 12.9. The van der Waals surface area contributed by atoms with Crippen LogP contribution in [0.4, 0.5) is 0 Å². The van der Waals surface area contributed by atoms with Gasteiger partial charge in [0.2, 0.25) is 0 Å². The summed E-state index contributed by atoms with van der Waals surface area (Å²) in [6.07, 6.45) is 3.83. The van der Waals surface area contributed by atoms with Gasteiger partial charge in [-0.2, -0.15) is 5.26 Å². The summed E-state index contributed by atoms with van der Waals surface area (Å²) >= 11 is 0. The third-order valence-electron chi connectivity index (χ3n) is 12.8. The molecule has 67 heavy (non-hydrogen) atoms. The molecule has 0 aliphatic rings. The molecule has 4 heterocycles. The van der Waals surface area contributed by atoms with E-state index in [1.165, 1.54) is 33.0 Å². The number of pyridine rings is 2. The Balaban J connectivity index is 0.000000331. The van der Waals surface area contributed by atoms with Crippen LogP contribution in [-0.4, -0.2) is 14.5 Å². The van der Waals surface area contributed by atoms with Crippen molar-refractivity contribution in [2.45, 2.75) is 131 Å². The normalized spacial score (nSPS) is 12.6. The number of aromatic nitrogens is 3. The van der Waals surface area contributed by atoms with Gasteiger partial charge >= 0.3 is 0 Å². The summed E-state index contributed by atoms with van der Waals surface area (Å²) in [6.45, 7) is 33.4. The molecule has 345 valence electrons. The molecule has 0 saturated heterocycles. The van der Waals surface area contributed by atoms with Gasteiger partial charge in [-0.15, -0.1) is 53.6 Å². The molecule has 0 atom stereocenters. The SMILES string of the molecule is CC(C)(C)c1ccc(-c2[c-]cccc2)nc1.CC(C)(C)c1ccnc(-c2[c-]cc(C(C)(C)C)c3c2oc2c(-n4c5ccc(C(C)(C)C)cc5c5cc(C(C)(C)C)ccc54)c(C#N)ccc23)c1.[Ir]. The van der Waals surface area contributed by atoms with Gasteiger partial charge in [0.05, 0.1) is 22.2 Å². The first kappa shape index (κ1) is 49.1. The van der Waals surface area contributed by atoms with Gasteiger partial charge in [-0.1, -0.05) is 151 Å². The van der Waals surface area contributed by atoms with Gasteiger partial charge < -0.3 is 19.0 Å². The van der Waals surface area contributed by atoms with E-state index in [9.17, 15) is 5.26 Å². The standard InChI is InChI=1S/C46H48N3O.C15H16N.Ir/c1-43(2,3)28-14-19-37-33(23-28)34-24-29(44(4,5)6)15-20-38(34)49(37)40-27(26-47)13-16-32-39-35(46(10,11)12)18-17-31(41(39)50-42(32)40)36-25-30(21-22-48-36)45(7,8)9;1-15(2,3)13-9-10-14(16-11-13)12-7-5-4-6-8-12;/h13-16,18-25H,1-12H3;4-7,9-11H,1-3H3;/q2*-1;. The number of nitrogens with zero attached hydrogens (tertiary/aromatic N) is 4. The molecule has 9 aromatic rings. The van der Waals surface area contributed by atoms with Crippen molar-refractivity contribution in [2.75, 3.05) is 0 Å². The third-order valence-corrected chi connectivity index (χ3v) is 12.8. The van der Waals surface area contributed by atoms with E-state index in [-0.39, 0.29) is 47.2 Å². The molecular weight excluding hydrogens is 997 g/mol. The van der Waals surface area contributed by atoms with Crippen LogP contribution in [0.2, 0.25) is 0 Å². The van der Waals surface area contributed by atoms with Crippen molar-refractivity contribution in [1.29, 1.82) is 5.26 Å². The van der Waals surface area contributed by atoms with Crippen LogP contribution in [-0.2, 0) is 47.2 Å². The van der Waals surface area contributed by atoms with E-state index in [1.807, 2.05) is 42.7 Å². The van der Waals surface area contributed by atoms with E-state index < -0.39 is 0 Å². The molecule has 0 aliphatic carbocycles. The number of fused-ring (bicyclic) bond motifs is 6. The van der Waals surface area contributed by atoms with Crippen LogP contribution in [0.1, 0.15) is 137 Å². The summed E-state index contributed by atoms with van der Waals surface area (Å²) < 4.78 is 9.36. The number of hydrogen-bond acceptors (Lipinski definition) is 4. The van der Waals surface area contributed by atoms with Crippen molar-refractivity contribution in [3.05, 3.63) is 161 Å². The van der Waals surface area contributed by atoms with E-state index in [2.05, 4.69) is 204 Å². The van der Waals surface area contributed by atoms with Crippen LogP contribution in [0, 0.1) is 23.5 Å². The van der Waals surface area contributed by atoms with Gasteiger partial charge in [-0.05, 0) is 97.1 Å². The van der Waals surface area contributed by atoms with Gasteiger partial charge in [0.15, 0.2) is 0 Å². The van der Waals surface area contributed by atoms with Gasteiger partial charge in [-0.3, -0.25) is 0 Å². The Morgan fingerprint density at radius 1 is 0.552 bits per heavy atom. The third kappa shape index (κ3) is 9.52. The Hall–Kier alpha value is -5.86. The Labute approximate surface area is 412 Å². The molecule has 0 spiro atoms. The topological polar surface area (TPSA) is 67.6 Å². The maximum Gasteiger partial charge on any atom is 0.146 e. The van der Waals surface area contributed by atoms with Crippen molar-refractivity contribution >= 4 is 43.7 Å². The van der Waals surface area contributed by atoms with Crippen LogP contribution in [0.5, 0.6) is 0 Å². The van der Waals surface area contributed by atoms with E-state index in [1.54, 1.807) is 0 Å². The van der Waals surface area contributed by atoms with E-state index in [0.29, 0.717) is 11.1 Å². The molecule has 0 N–H and O–H groups in total. The molecule has 4 aromatic heterocycles. The van der Waals surface area contributed by atoms with Crippen LogP contribution in [0.15, 0.2) is 120 Å². The summed E-state index contributed by atoms with van der Waals surface area (Å²) in [5.74, 6) is 0. The molecular formula is C61H64IrN4O-2. The molecule has 0 aliphatic heterocycles. The number of hydrogen-bond donors (Lipinski definition) is 0. The molecule has 5 nitrogen and oxygen atoms in total. The van der Waals surface area contributed by atoms with Crippen molar-refractivity contribution < 1.29 is 24.5 Å². The summed E-state index contributed by atoms with van der Waals surface area (Å²) in [5, 5.41) is 15.1.